The first-order chi connectivity index (χ1) is 50.6. The molecule has 2 aromatic heterocycles. The van der Waals surface area contributed by atoms with Crippen LogP contribution < -0.4 is 0 Å². The van der Waals surface area contributed by atoms with Gasteiger partial charge in [-0.1, -0.05) is 291 Å². The molecule has 0 spiro atoms. The normalized spacial score (nSPS) is 12.3. The highest BCUT2D eigenvalue weighted by atomic mass is 15.0. The van der Waals surface area contributed by atoms with E-state index in [1.807, 2.05) is 0 Å². The second kappa shape index (κ2) is 21.1. The van der Waals surface area contributed by atoms with Crippen LogP contribution in [0.3, 0.4) is 0 Å². The number of fused-ring (bicyclic) bond motifs is 28. The molecule has 468 valence electrons. The lowest BCUT2D eigenvalue weighted by Gasteiger charge is -2.17. The van der Waals surface area contributed by atoms with Gasteiger partial charge in [0.25, 0.3) is 0 Å². The third-order valence-electron chi connectivity index (χ3n) is 22.9. The molecule has 0 bridgehead atoms. The molecule has 2 aliphatic rings. The lowest BCUT2D eigenvalue weighted by atomic mass is 9.92. The molecule has 20 aromatic carbocycles. The molecule has 0 amide bonds. The van der Waals surface area contributed by atoms with Crippen LogP contribution in [0.1, 0.15) is 0 Å². The van der Waals surface area contributed by atoms with Crippen LogP contribution >= 0.6 is 0 Å². The minimum Gasteiger partial charge on any atom is -0.309 e. The Morgan fingerprint density at radius 2 is 0.559 bits per heavy atom. The van der Waals surface area contributed by atoms with E-state index in [2.05, 4.69) is 361 Å². The largest absolute Gasteiger partial charge is 0.309 e. The Labute approximate surface area is 586 Å². The van der Waals surface area contributed by atoms with Crippen molar-refractivity contribution in [1.82, 2.24) is 9.13 Å². The van der Waals surface area contributed by atoms with Crippen molar-refractivity contribution in [3.05, 3.63) is 352 Å². The lowest BCUT2D eigenvalue weighted by molar-refractivity contribution is 1.19. The van der Waals surface area contributed by atoms with Crippen molar-refractivity contribution < 1.29 is 0 Å². The van der Waals surface area contributed by atoms with Crippen molar-refractivity contribution in [1.29, 1.82) is 0 Å². The summed E-state index contributed by atoms with van der Waals surface area (Å²) in [4.78, 5) is 0. The summed E-state index contributed by atoms with van der Waals surface area (Å²) in [6.45, 7) is 0. The lowest BCUT2D eigenvalue weighted by Crippen LogP contribution is -1.97. The van der Waals surface area contributed by atoms with Crippen molar-refractivity contribution in [3.63, 3.8) is 0 Å². The maximum absolute atomic E-state index is 2.54. The quantitative estimate of drug-likeness (QED) is 0.155. The van der Waals surface area contributed by atoms with E-state index in [9.17, 15) is 0 Å². The monoisotopic (exact) mass is 1290 g/mol. The standard InChI is InChI=1S/2C50H29N/c1-2-14-34-30(12-1)24-25-43-48(34)40-19-7-8-20-41(40)50-49(43)42-21-9-10-23-45(42)51(50)46-27-26-33(35-15-5-6-18-38(35)46)32-28-31-13-11-22-39-36-16-3-4-17-37(36)44(29-32)47(31)39;1-2-12-37-30(10-1)23-25-44-48(37)41-15-5-6-16-42(41)50-49(44)43-17-7-8-19-46(43)51(50)36-24-22-31-26-32(20-21-33(31)28-36)35-27-34-11-9-18-40-38-13-3-4-14-39(38)45(29-35)47(34)40/h2*1-29H. The van der Waals surface area contributed by atoms with Crippen LogP contribution in [-0.2, 0) is 0 Å². The SMILES string of the molecule is c1ccc2c(c1)-c1cccc3cc(-c4ccc(-n5c6ccccc6c6c7ccc8ccccc8c7c7ccccc7c65)c5ccccc45)cc-2c13.c1ccc2c(c1)-c1cccc3cc(-c4ccc5cc(-n6c7ccccc7c7c8ccc9ccccc9c8c8ccccc8c76)ccc5c4)cc-2c13. The van der Waals surface area contributed by atoms with Gasteiger partial charge in [-0.25, -0.2) is 0 Å². The first-order valence-corrected chi connectivity index (χ1v) is 35.5. The molecule has 0 N–H and O–H groups in total. The van der Waals surface area contributed by atoms with Crippen LogP contribution in [0.5, 0.6) is 0 Å². The average molecular weight is 1290 g/mol. The first-order valence-electron chi connectivity index (χ1n) is 35.5. The van der Waals surface area contributed by atoms with Crippen LogP contribution in [0.15, 0.2) is 352 Å². The maximum atomic E-state index is 2.54. The van der Waals surface area contributed by atoms with E-state index in [-0.39, 0.29) is 0 Å². The zero-order chi connectivity index (χ0) is 66.4. The number of aromatic nitrogens is 2. The number of nitrogens with zero attached hydrogens (tertiary/aromatic N) is 2. The Morgan fingerprint density at radius 1 is 0.157 bits per heavy atom. The molecule has 102 heavy (non-hydrogen) atoms. The summed E-state index contributed by atoms with van der Waals surface area (Å²) in [5, 5.41) is 31.0. The Morgan fingerprint density at radius 3 is 1.15 bits per heavy atom. The molecule has 0 saturated heterocycles. The predicted octanol–water partition coefficient (Wildman–Crippen LogP) is 27.7. The van der Waals surface area contributed by atoms with Crippen molar-refractivity contribution in [3.8, 4) is 78.1 Å². The highest BCUT2D eigenvalue weighted by molar-refractivity contribution is 6.38. The Kier molecular flexibility index (Phi) is 11.5. The molecule has 0 aliphatic heterocycles. The Bertz CT molecular complexity index is 7500. The van der Waals surface area contributed by atoms with E-state index in [0.717, 1.165) is 0 Å². The van der Waals surface area contributed by atoms with Crippen LogP contribution in [0, 0.1) is 0 Å². The van der Waals surface area contributed by atoms with Crippen LogP contribution in [-0.4, -0.2) is 9.13 Å². The Balaban J connectivity index is 0.000000126. The number of para-hydroxylation sites is 2. The molecule has 0 saturated carbocycles. The summed E-state index contributed by atoms with van der Waals surface area (Å²) < 4.78 is 5.03. The van der Waals surface area contributed by atoms with E-state index in [4.69, 9.17) is 0 Å². The molecule has 24 rings (SSSR count). The van der Waals surface area contributed by atoms with E-state index < -0.39 is 0 Å². The van der Waals surface area contributed by atoms with Gasteiger partial charge >= 0.3 is 0 Å². The fraction of sp³-hybridized carbons (Fsp3) is 0. The number of hydrogen-bond donors (Lipinski definition) is 0. The molecule has 0 fully saturated rings. The van der Waals surface area contributed by atoms with Gasteiger partial charge in [-0.3, -0.25) is 0 Å². The van der Waals surface area contributed by atoms with Crippen molar-refractivity contribution in [2.45, 2.75) is 0 Å². The third-order valence-corrected chi connectivity index (χ3v) is 22.9. The highest BCUT2D eigenvalue weighted by Gasteiger charge is 2.27. The van der Waals surface area contributed by atoms with Gasteiger partial charge in [-0.2, -0.15) is 0 Å². The van der Waals surface area contributed by atoms with Crippen LogP contribution in [0.4, 0.5) is 0 Å². The molecular weight excluding hydrogens is 1230 g/mol. The molecule has 2 heteroatoms. The van der Waals surface area contributed by atoms with Gasteiger partial charge in [-0.05, 0) is 219 Å². The van der Waals surface area contributed by atoms with Gasteiger partial charge < -0.3 is 9.13 Å². The number of hydrogen-bond acceptors (Lipinski definition) is 0. The fourth-order valence-electron chi connectivity index (χ4n) is 18.6. The van der Waals surface area contributed by atoms with Gasteiger partial charge in [0.1, 0.15) is 0 Å². The molecular formula is C100H58N2. The summed E-state index contributed by atoms with van der Waals surface area (Å²) in [5.74, 6) is 0. The molecule has 0 atom stereocenters. The summed E-state index contributed by atoms with van der Waals surface area (Å²) in [6.07, 6.45) is 0. The van der Waals surface area contributed by atoms with Crippen molar-refractivity contribution >= 4 is 151 Å². The zero-order valence-corrected chi connectivity index (χ0v) is 55.4. The van der Waals surface area contributed by atoms with Gasteiger partial charge in [0.2, 0.25) is 0 Å². The van der Waals surface area contributed by atoms with E-state index in [0.29, 0.717) is 0 Å². The van der Waals surface area contributed by atoms with Crippen LogP contribution in [0.25, 0.3) is 229 Å². The van der Waals surface area contributed by atoms with E-state index in [1.165, 1.54) is 229 Å². The first kappa shape index (κ1) is 55.6. The number of rotatable bonds is 4. The third kappa shape index (κ3) is 7.73. The summed E-state index contributed by atoms with van der Waals surface area (Å²) in [5.41, 5.74) is 23.0. The number of benzene rings is 20. The molecule has 22 aromatic rings. The van der Waals surface area contributed by atoms with Crippen molar-refractivity contribution in [2.75, 3.05) is 0 Å². The molecule has 0 radical (unpaired) electrons. The highest BCUT2D eigenvalue weighted by Crippen LogP contribution is 2.53. The van der Waals surface area contributed by atoms with Gasteiger partial charge in [0.15, 0.2) is 0 Å². The van der Waals surface area contributed by atoms with Crippen LogP contribution in [0.2, 0.25) is 0 Å². The van der Waals surface area contributed by atoms with Crippen molar-refractivity contribution in [2.24, 2.45) is 0 Å². The second-order valence-electron chi connectivity index (χ2n) is 28.0. The Hall–Kier alpha value is -13.4. The van der Waals surface area contributed by atoms with Gasteiger partial charge in [0, 0.05) is 43.4 Å². The predicted molar refractivity (Wildman–Crippen MR) is 436 cm³/mol. The van der Waals surface area contributed by atoms with Gasteiger partial charge in [0.05, 0.1) is 27.8 Å². The second-order valence-corrected chi connectivity index (χ2v) is 28.0. The van der Waals surface area contributed by atoms with Gasteiger partial charge in [-0.15, -0.1) is 0 Å². The van der Waals surface area contributed by atoms with E-state index in [1.54, 1.807) is 0 Å². The summed E-state index contributed by atoms with van der Waals surface area (Å²) >= 11 is 0. The minimum atomic E-state index is 1.18. The molecule has 2 heterocycles. The molecule has 0 unspecified atom stereocenters. The smallest absolute Gasteiger partial charge is 0.0626 e. The molecule has 2 aliphatic carbocycles. The average Bonchev–Trinajstić information content (AvgIpc) is 1.53. The summed E-state index contributed by atoms with van der Waals surface area (Å²) in [7, 11) is 0. The zero-order valence-electron chi connectivity index (χ0n) is 55.4. The van der Waals surface area contributed by atoms with E-state index >= 15 is 0 Å². The fourth-order valence-corrected chi connectivity index (χ4v) is 18.6. The summed E-state index contributed by atoms with van der Waals surface area (Å²) in [6, 6.07) is 131. The topological polar surface area (TPSA) is 9.86 Å². The minimum absolute atomic E-state index is 1.18. The maximum Gasteiger partial charge on any atom is 0.0626 e. The molecule has 2 nitrogen and oxygen atoms in total.